The molecule has 2 aromatic rings. The highest BCUT2D eigenvalue weighted by Crippen LogP contribution is 2.23. The minimum absolute atomic E-state index is 0.0755. The number of amides is 1. The van der Waals surface area contributed by atoms with Crippen molar-refractivity contribution in [2.45, 2.75) is 38.8 Å². The predicted octanol–water partition coefficient (Wildman–Crippen LogP) is 1.60. The summed E-state index contributed by atoms with van der Waals surface area (Å²) in [7, 11) is 0. The minimum Gasteiger partial charge on any atom is -0.333 e. The zero-order valence-corrected chi connectivity index (χ0v) is 12.2. The van der Waals surface area contributed by atoms with Crippen LogP contribution in [0.15, 0.2) is 18.5 Å². The topological polar surface area (TPSA) is 63.9 Å². The van der Waals surface area contributed by atoms with Gasteiger partial charge in [0.15, 0.2) is 0 Å². The van der Waals surface area contributed by atoms with E-state index in [2.05, 4.69) is 14.7 Å². The van der Waals surface area contributed by atoms with Crippen LogP contribution in [0.4, 0.5) is 0 Å². The maximum atomic E-state index is 12.7. The summed E-state index contributed by atoms with van der Waals surface area (Å²) < 4.78 is 5.80. The third kappa shape index (κ3) is 2.45. The fourth-order valence-electron chi connectivity index (χ4n) is 2.65. The molecule has 1 aliphatic rings. The van der Waals surface area contributed by atoms with E-state index in [0.29, 0.717) is 4.88 Å². The molecule has 0 N–H and O–H groups in total. The number of carbonyl (C=O) groups is 1. The molecule has 2 aromatic heterocycles. The summed E-state index contributed by atoms with van der Waals surface area (Å²) in [6.07, 6.45) is 6.52. The van der Waals surface area contributed by atoms with Crippen LogP contribution in [-0.2, 0) is 13.0 Å². The lowest BCUT2D eigenvalue weighted by Crippen LogP contribution is -2.38. The van der Waals surface area contributed by atoms with E-state index in [9.17, 15) is 4.79 Å². The van der Waals surface area contributed by atoms with Gasteiger partial charge < -0.3 is 4.90 Å². The van der Waals surface area contributed by atoms with Crippen molar-refractivity contribution < 1.29 is 4.79 Å². The molecular formula is C13H17N5OS. The second-order valence-electron chi connectivity index (χ2n) is 4.93. The van der Waals surface area contributed by atoms with E-state index in [1.54, 1.807) is 6.20 Å². The van der Waals surface area contributed by atoms with Crippen molar-refractivity contribution in [3.05, 3.63) is 29.0 Å². The number of likely N-dealkylation sites (tertiary alicyclic amines) is 1. The van der Waals surface area contributed by atoms with Gasteiger partial charge >= 0.3 is 0 Å². The number of aromatic nitrogens is 4. The summed E-state index contributed by atoms with van der Waals surface area (Å²) in [4.78, 5) is 15.3. The van der Waals surface area contributed by atoms with Crippen LogP contribution in [0.3, 0.4) is 0 Å². The van der Waals surface area contributed by atoms with Gasteiger partial charge in [0.1, 0.15) is 4.88 Å². The molecule has 3 rings (SSSR count). The number of rotatable bonds is 4. The largest absolute Gasteiger partial charge is 0.333 e. The Labute approximate surface area is 121 Å². The van der Waals surface area contributed by atoms with Crippen molar-refractivity contribution >= 4 is 17.4 Å². The molecule has 20 heavy (non-hydrogen) atoms. The van der Waals surface area contributed by atoms with Gasteiger partial charge in [-0.15, -0.1) is 5.10 Å². The average molecular weight is 291 g/mol. The Kier molecular flexibility index (Phi) is 3.77. The van der Waals surface area contributed by atoms with Crippen LogP contribution >= 0.6 is 11.5 Å². The van der Waals surface area contributed by atoms with Gasteiger partial charge in [0.05, 0.1) is 18.3 Å². The smallest absolute Gasteiger partial charge is 0.267 e. The van der Waals surface area contributed by atoms with Crippen LogP contribution < -0.4 is 0 Å². The molecule has 6 nitrogen and oxygen atoms in total. The standard InChI is InChI=1S/C13H17N5OS/c1-2-11-12(20-16-15-11)13(19)18-8-3-5-10(18)9-17-7-4-6-14-17/h4,6-7,10H,2-3,5,8-9H2,1H3/t10-/m0/s1. The number of hydrogen-bond acceptors (Lipinski definition) is 5. The highest BCUT2D eigenvalue weighted by Gasteiger charge is 2.32. The maximum absolute atomic E-state index is 12.7. The number of nitrogens with zero attached hydrogens (tertiary/aromatic N) is 5. The van der Waals surface area contributed by atoms with Crippen LogP contribution in [0.1, 0.15) is 35.1 Å². The summed E-state index contributed by atoms with van der Waals surface area (Å²) in [5.74, 6) is 0.0755. The lowest BCUT2D eigenvalue weighted by atomic mass is 10.2. The van der Waals surface area contributed by atoms with Crippen molar-refractivity contribution in [2.24, 2.45) is 0 Å². The molecule has 1 aliphatic heterocycles. The quantitative estimate of drug-likeness (QED) is 0.858. The van der Waals surface area contributed by atoms with E-state index < -0.39 is 0 Å². The Morgan fingerprint density at radius 2 is 2.45 bits per heavy atom. The van der Waals surface area contributed by atoms with Gasteiger partial charge in [-0.05, 0) is 36.9 Å². The van der Waals surface area contributed by atoms with E-state index >= 15 is 0 Å². The molecule has 0 spiro atoms. The third-order valence-corrected chi connectivity index (χ3v) is 4.44. The SMILES string of the molecule is CCc1nnsc1C(=O)N1CCC[C@H]1Cn1cccn1. The normalized spacial score (nSPS) is 18.6. The van der Waals surface area contributed by atoms with Crippen LogP contribution in [-0.4, -0.2) is 42.8 Å². The molecule has 3 heterocycles. The van der Waals surface area contributed by atoms with Gasteiger partial charge in [0.2, 0.25) is 0 Å². The molecule has 0 saturated carbocycles. The highest BCUT2D eigenvalue weighted by molar-refractivity contribution is 7.08. The zero-order chi connectivity index (χ0) is 13.9. The van der Waals surface area contributed by atoms with Gasteiger partial charge in [0, 0.05) is 18.9 Å². The second-order valence-corrected chi connectivity index (χ2v) is 5.68. The second kappa shape index (κ2) is 5.70. The van der Waals surface area contributed by atoms with Gasteiger partial charge in [-0.2, -0.15) is 5.10 Å². The molecule has 7 heteroatoms. The first-order valence-corrected chi connectivity index (χ1v) is 7.66. The van der Waals surface area contributed by atoms with Crippen LogP contribution in [0.2, 0.25) is 0 Å². The first-order chi connectivity index (χ1) is 9.79. The first-order valence-electron chi connectivity index (χ1n) is 6.89. The lowest BCUT2D eigenvalue weighted by molar-refractivity contribution is 0.0725. The highest BCUT2D eigenvalue weighted by atomic mass is 32.1. The van der Waals surface area contributed by atoms with E-state index in [1.807, 2.05) is 28.8 Å². The van der Waals surface area contributed by atoms with Gasteiger partial charge in [-0.1, -0.05) is 11.4 Å². The molecule has 106 valence electrons. The molecule has 0 aliphatic carbocycles. The predicted molar refractivity (Wildman–Crippen MR) is 75.6 cm³/mol. The molecule has 0 unspecified atom stereocenters. The summed E-state index contributed by atoms with van der Waals surface area (Å²) in [5.41, 5.74) is 0.810. The summed E-state index contributed by atoms with van der Waals surface area (Å²) in [6.45, 7) is 3.57. The summed E-state index contributed by atoms with van der Waals surface area (Å²) in [6, 6.07) is 2.12. The molecule has 1 atom stereocenters. The van der Waals surface area contributed by atoms with Crippen LogP contribution in [0.25, 0.3) is 0 Å². The molecule has 0 bridgehead atoms. The Morgan fingerprint density at radius 3 is 3.20 bits per heavy atom. The summed E-state index contributed by atoms with van der Waals surface area (Å²) in [5, 5.41) is 8.26. The fraction of sp³-hybridized carbons (Fsp3) is 0.538. The monoisotopic (exact) mass is 291 g/mol. The molecule has 1 saturated heterocycles. The Morgan fingerprint density at radius 1 is 1.55 bits per heavy atom. The average Bonchev–Trinajstić information content (AvgIpc) is 3.19. The fourth-order valence-corrected chi connectivity index (χ4v) is 3.36. The van der Waals surface area contributed by atoms with E-state index in [1.165, 1.54) is 11.5 Å². The first kappa shape index (κ1) is 13.2. The van der Waals surface area contributed by atoms with Gasteiger partial charge in [0.25, 0.3) is 5.91 Å². The van der Waals surface area contributed by atoms with Crippen LogP contribution in [0.5, 0.6) is 0 Å². The van der Waals surface area contributed by atoms with Crippen molar-refractivity contribution in [1.82, 2.24) is 24.3 Å². The van der Waals surface area contributed by atoms with Crippen molar-refractivity contribution in [2.75, 3.05) is 6.54 Å². The maximum Gasteiger partial charge on any atom is 0.267 e. The Bertz CT molecular complexity index is 579. The molecule has 0 aromatic carbocycles. The van der Waals surface area contributed by atoms with Gasteiger partial charge in [-0.3, -0.25) is 9.48 Å². The van der Waals surface area contributed by atoms with Gasteiger partial charge in [-0.25, -0.2) is 0 Å². The van der Waals surface area contributed by atoms with Crippen molar-refractivity contribution in [1.29, 1.82) is 0 Å². The van der Waals surface area contributed by atoms with Crippen molar-refractivity contribution in [3.8, 4) is 0 Å². The number of hydrogen-bond donors (Lipinski definition) is 0. The Hall–Kier alpha value is -1.76. The molecule has 1 fully saturated rings. The minimum atomic E-state index is 0.0755. The zero-order valence-electron chi connectivity index (χ0n) is 11.4. The van der Waals surface area contributed by atoms with Crippen molar-refractivity contribution in [3.63, 3.8) is 0 Å². The Balaban J connectivity index is 1.76. The van der Waals surface area contributed by atoms with E-state index in [0.717, 1.165) is 38.0 Å². The van der Waals surface area contributed by atoms with E-state index in [4.69, 9.17) is 0 Å². The third-order valence-electron chi connectivity index (χ3n) is 3.68. The molecule has 1 amide bonds. The summed E-state index contributed by atoms with van der Waals surface area (Å²) >= 11 is 1.20. The molecule has 0 radical (unpaired) electrons. The lowest BCUT2D eigenvalue weighted by Gasteiger charge is -2.24. The van der Waals surface area contributed by atoms with E-state index in [-0.39, 0.29) is 11.9 Å². The number of aryl methyl sites for hydroxylation is 1. The number of carbonyl (C=O) groups excluding carboxylic acids is 1. The molecular weight excluding hydrogens is 274 g/mol. The van der Waals surface area contributed by atoms with Crippen LogP contribution in [0, 0.1) is 0 Å².